The van der Waals surface area contributed by atoms with E-state index in [0.29, 0.717) is 11.1 Å². The lowest BCUT2D eigenvalue weighted by atomic mass is 9.72. The molecule has 9 nitrogen and oxygen atoms in total. The van der Waals surface area contributed by atoms with Gasteiger partial charge in [-0.25, -0.2) is 13.2 Å². The Bertz CT molecular complexity index is 1600. The quantitative estimate of drug-likeness (QED) is 0.176. The molecule has 0 saturated heterocycles. The molecule has 0 radical (unpaired) electrons. The van der Waals surface area contributed by atoms with E-state index in [1.165, 1.54) is 24.3 Å². The summed E-state index contributed by atoms with van der Waals surface area (Å²) in [4.78, 5) is 40.3. The molecule has 4 rings (SSSR count). The highest BCUT2D eigenvalue weighted by molar-refractivity contribution is 7.89. The Balaban J connectivity index is 1.88. The molecule has 0 saturated carbocycles. The third kappa shape index (κ3) is 5.92. The van der Waals surface area contributed by atoms with Crippen molar-refractivity contribution in [1.29, 1.82) is 0 Å². The molecule has 0 fully saturated rings. The van der Waals surface area contributed by atoms with E-state index in [-0.39, 0.29) is 17.1 Å². The minimum Gasteiger partial charge on any atom is -0.468 e. The molecule has 10 heteroatoms. The Morgan fingerprint density at radius 3 is 2.02 bits per heavy atom. The summed E-state index contributed by atoms with van der Waals surface area (Å²) in [6.45, 7) is 1.68. The highest BCUT2D eigenvalue weighted by atomic mass is 32.2. The number of methoxy groups -OCH3 is 2. The number of esters is 3. The van der Waals surface area contributed by atoms with Crippen LogP contribution < -0.4 is 4.72 Å². The molecule has 1 aliphatic carbocycles. The maximum Gasteiger partial charge on any atom is 0.355 e. The zero-order valence-electron chi connectivity index (χ0n) is 22.7. The van der Waals surface area contributed by atoms with Gasteiger partial charge >= 0.3 is 17.9 Å². The van der Waals surface area contributed by atoms with Crippen molar-refractivity contribution in [2.75, 3.05) is 14.2 Å². The summed E-state index contributed by atoms with van der Waals surface area (Å²) < 4.78 is 44.7. The van der Waals surface area contributed by atoms with Gasteiger partial charge in [0.15, 0.2) is 5.41 Å². The van der Waals surface area contributed by atoms with Crippen LogP contribution >= 0.6 is 0 Å². The number of ether oxygens (including phenoxy) is 3. The molecule has 2 atom stereocenters. The standard InChI is InChI=1S/C31H29NO8S/c1-21-14-16-24(17-15-21)41(36,37)32-27(28(33)38-2)25-18-19-31(29(34)39-3,26(25)23-12-8-5-9-13-23)30(35)40-20-22-10-6-4-7-11-22/h4-19,26,32H,20H2,1-3H3/b27-25+/t26-,31-/m0/s1. The van der Waals surface area contributed by atoms with E-state index in [2.05, 4.69) is 4.72 Å². The van der Waals surface area contributed by atoms with Crippen molar-refractivity contribution < 1.29 is 37.0 Å². The SMILES string of the molecule is COC(=O)/C(NS(=O)(=O)c1ccc(C)cc1)=C1/C=C[C@](C(=O)OC)(C(=O)OCc2ccccc2)[C@H]1c1ccccc1. The predicted molar refractivity (Wildman–Crippen MR) is 150 cm³/mol. The number of benzene rings is 3. The van der Waals surface area contributed by atoms with Gasteiger partial charge in [-0.15, -0.1) is 0 Å². The van der Waals surface area contributed by atoms with Gasteiger partial charge in [-0.05, 0) is 35.8 Å². The van der Waals surface area contributed by atoms with Crippen LogP contribution in [0.15, 0.2) is 113 Å². The first kappa shape index (κ1) is 29.3. The van der Waals surface area contributed by atoms with Gasteiger partial charge in [-0.1, -0.05) is 90.5 Å². The van der Waals surface area contributed by atoms with Crippen molar-refractivity contribution in [2.24, 2.45) is 5.41 Å². The zero-order valence-corrected chi connectivity index (χ0v) is 23.5. The molecule has 0 heterocycles. The van der Waals surface area contributed by atoms with Crippen molar-refractivity contribution in [3.8, 4) is 0 Å². The normalized spacial score (nSPS) is 19.2. The number of allylic oxidation sites excluding steroid dienone is 2. The smallest absolute Gasteiger partial charge is 0.355 e. The van der Waals surface area contributed by atoms with E-state index in [1.807, 2.05) is 13.0 Å². The van der Waals surface area contributed by atoms with Gasteiger partial charge in [0.25, 0.3) is 10.0 Å². The average molecular weight is 576 g/mol. The molecule has 0 aliphatic heterocycles. The Morgan fingerprint density at radius 1 is 0.829 bits per heavy atom. The van der Waals surface area contributed by atoms with Gasteiger partial charge in [0.2, 0.25) is 0 Å². The largest absolute Gasteiger partial charge is 0.468 e. The van der Waals surface area contributed by atoms with Crippen molar-refractivity contribution in [3.63, 3.8) is 0 Å². The Hall–Kier alpha value is -4.70. The van der Waals surface area contributed by atoms with Crippen LogP contribution in [0, 0.1) is 12.3 Å². The van der Waals surface area contributed by atoms with Gasteiger partial charge < -0.3 is 14.2 Å². The molecule has 1 N–H and O–H groups in total. The second-order valence-electron chi connectivity index (χ2n) is 9.34. The lowest BCUT2D eigenvalue weighted by molar-refractivity contribution is -0.168. The van der Waals surface area contributed by atoms with E-state index in [0.717, 1.165) is 19.8 Å². The predicted octanol–water partition coefficient (Wildman–Crippen LogP) is 3.96. The van der Waals surface area contributed by atoms with Crippen molar-refractivity contribution in [2.45, 2.75) is 24.3 Å². The fourth-order valence-electron chi connectivity index (χ4n) is 4.67. The molecular formula is C31H29NO8S. The van der Waals surface area contributed by atoms with E-state index in [1.54, 1.807) is 66.7 Å². The maximum atomic E-state index is 13.8. The van der Waals surface area contributed by atoms with E-state index < -0.39 is 45.0 Å². The van der Waals surface area contributed by atoms with Crippen LogP contribution in [-0.2, 0) is 45.2 Å². The molecule has 212 valence electrons. The lowest BCUT2D eigenvalue weighted by Gasteiger charge is -2.31. The van der Waals surface area contributed by atoms with Crippen LogP contribution in [0.1, 0.15) is 22.6 Å². The minimum atomic E-state index is -4.28. The molecule has 0 amide bonds. The average Bonchev–Trinajstić information content (AvgIpc) is 3.40. The summed E-state index contributed by atoms with van der Waals surface area (Å²) in [5, 5.41) is 0. The zero-order chi connectivity index (χ0) is 29.6. The van der Waals surface area contributed by atoms with Gasteiger partial charge in [0.05, 0.1) is 19.1 Å². The van der Waals surface area contributed by atoms with Gasteiger partial charge in [0.1, 0.15) is 12.3 Å². The third-order valence-electron chi connectivity index (χ3n) is 6.74. The highest BCUT2D eigenvalue weighted by Crippen LogP contribution is 2.51. The number of aryl methyl sites for hydroxylation is 1. The summed E-state index contributed by atoms with van der Waals surface area (Å²) in [6.07, 6.45) is 2.63. The number of rotatable bonds is 9. The van der Waals surface area contributed by atoms with Gasteiger partial charge in [0, 0.05) is 5.92 Å². The third-order valence-corrected chi connectivity index (χ3v) is 8.11. The van der Waals surface area contributed by atoms with E-state index in [9.17, 15) is 22.8 Å². The Labute approximate surface area is 238 Å². The fourth-order valence-corrected chi connectivity index (χ4v) is 5.75. The fraction of sp³-hybridized carbons (Fsp3) is 0.194. The number of hydrogen-bond donors (Lipinski definition) is 1. The summed E-state index contributed by atoms with van der Waals surface area (Å²) in [5.74, 6) is -4.09. The first-order valence-corrected chi connectivity index (χ1v) is 14.1. The monoisotopic (exact) mass is 575 g/mol. The van der Waals surface area contributed by atoms with E-state index in [4.69, 9.17) is 14.2 Å². The van der Waals surface area contributed by atoms with Crippen LogP contribution in [0.5, 0.6) is 0 Å². The summed E-state index contributed by atoms with van der Waals surface area (Å²) in [5.41, 5.74) is -0.535. The lowest BCUT2D eigenvalue weighted by Crippen LogP contribution is -2.44. The number of hydrogen-bond acceptors (Lipinski definition) is 8. The van der Waals surface area contributed by atoms with Gasteiger partial charge in [-0.3, -0.25) is 14.3 Å². The molecule has 1 aliphatic rings. The van der Waals surface area contributed by atoms with Crippen molar-refractivity contribution in [3.05, 3.63) is 125 Å². The molecule has 0 aromatic heterocycles. The van der Waals surface area contributed by atoms with E-state index >= 15 is 0 Å². The number of sulfonamides is 1. The molecule has 3 aromatic rings. The van der Waals surface area contributed by atoms with Crippen LogP contribution in [0.4, 0.5) is 0 Å². The second kappa shape index (κ2) is 12.2. The topological polar surface area (TPSA) is 125 Å². The second-order valence-corrected chi connectivity index (χ2v) is 11.0. The van der Waals surface area contributed by atoms with Crippen LogP contribution in [-0.4, -0.2) is 40.5 Å². The molecule has 0 spiro atoms. The summed E-state index contributed by atoms with van der Waals surface area (Å²) in [7, 11) is -2.05. The van der Waals surface area contributed by atoms with Crippen LogP contribution in [0.3, 0.4) is 0 Å². The highest BCUT2D eigenvalue weighted by Gasteiger charge is 2.58. The molecule has 3 aromatic carbocycles. The summed E-state index contributed by atoms with van der Waals surface area (Å²) in [6, 6.07) is 23.4. The first-order valence-electron chi connectivity index (χ1n) is 12.6. The van der Waals surface area contributed by atoms with Crippen molar-refractivity contribution in [1.82, 2.24) is 4.72 Å². The summed E-state index contributed by atoms with van der Waals surface area (Å²) >= 11 is 0. The molecule has 0 unspecified atom stereocenters. The van der Waals surface area contributed by atoms with Crippen molar-refractivity contribution >= 4 is 27.9 Å². The van der Waals surface area contributed by atoms with Crippen LogP contribution in [0.2, 0.25) is 0 Å². The molecule has 41 heavy (non-hydrogen) atoms. The number of carbonyl (C=O) groups is 3. The Morgan fingerprint density at radius 2 is 1.44 bits per heavy atom. The molecule has 0 bridgehead atoms. The first-order chi connectivity index (χ1) is 19.6. The molecular weight excluding hydrogens is 546 g/mol. The Kier molecular flexibility index (Phi) is 8.73. The maximum absolute atomic E-state index is 13.8. The van der Waals surface area contributed by atoms with Crippen LogP contribution in [0.25, 0.3) is 0 Å². The minimum absolute atomic E-state index is 0.0285. The number of carbonyl (C=O) groups excluding carboxylic acids is 3. The van der Waals surface area contributed by atoms with Gasteiger partial charge in [-0.2, -0.15) is 0 Å². The number of nitrogens with one attached hydrogen (secondary N) is 1.